The summed E-state index contributed by atoms with van der Waals surface area (Å²) in [5.41, 5.74) is 3.85. The first-order chi connectivity index (χ1) is 11.1. The van der Waals surface area contributed by atoms with Gasteiger partial charge in [-0.15, -0.1) is 11.3 Å². The van der Waals surface area contributed by atoms with Crippen LogP contribution in [0.15, 0.2) is 41.5 Å². The molecule has 0 aliphatic carbocycles. The molecule has 0 atom stereocenters. The van der Waals surface area contributed by atoms with Gasteiger partial charge in [0.05, 0.1) is 12.0 Å². The number of hydrogen-bond acceptors (Lipinski definition) is 5. The van der Waals surface area contributed by atoms with Gasteiger partial charge >= 0.3 is 6.09 Å². The van der Waals surface area contributed by atoms with Gasteiger partial charge < -0.3 is 4.74 Å². The topological polar surface area (TPSA) is 73.2 Å². The first kappa shape index (κ1) is 15.2. The third-order valence-corrected chi connectivity index (χ3v) is 4.35. The van der Waals surface area contributed by atoms with Crippen LogP contribution < -0.4 is 11.0 Å². The summed E-state index contributed by atoms with van der Waals surface area (Å²) in [6.07, 6.45) is 0.607. The van der Waals surface area contributed by atoms with Crippen molar-refractivity contribution in [3.8, 4) is 11.1 Å². The number of benzene rings is 1. The second-order valence-electron chi connectivity index (χ2n) is 4.83. The van der Waals surface area contributed by atoms with Crippen molar-refractivity contribution in [3.63, 3.8) is 0 Å². The van der Waals surface area contributed by atoms with Gasteiger partial charge in [-0.3, -0.25) is 4.79 Å². The van der Waals surface area contributed by atoms with E-state index in [1.54, 1.807) is 6.92 Å². The Morgan fingerprint density at radius 2 is 2.09 bits per heavy atom. The molecule has 7 heteroatoms. The Balaban J connectivity index is 2.17. The van der Waals surface area contributed by atoms with Gasteiger partial charge in [-0.05, 0) is 19.4 Å². The molecule has 0 unspecified atom stereocenters. The minimum Gasteiger partial charge on any atom is -0.449 e. The van der Waals surface area contributed by atoms with Gasteiger partial charge in [-0.2, -0.15) is 0 Å². The molecular weight excluding hydrogens is 314 g/mol. The van der Waals surface area contributed by atoms with Gasteiger partial charge in [0.25, 0.3) is 5.56 Å². The van der Waals surface area contributed by atoms with Crippen LogP contribution in [0.4, 0.5) is 4.79 Å². The van der Waals surface area contributed by atoms with Crippen LogP contribution >= 0.6 is 11.3 Å². The highest BCUT2D eigenvalue weighted by Crippen LogP contribution is 2.35. The third-order valence-electron chi connectivity index (χ3n) is 3.34. The Labute approximate surface area is 136 Å². The number of ether oxygens (including phenoxy) is 1. The van der Waals surface area contributed by atoms with Crippen LogP contribution in [0.1, 0.15) is 11.8 Å². The maximum Gasteiger partial charge on any atom is 0.426 e. The van der Waals surface area contributed by atoms with Crippen molar-refractivity contribution in [1.82, 2.24) is 9.66 Å². The van der Waals surface area contributed by atoms with E-state index in [2.05, 4.69) is 10.4 Å². The summed E-state index contributed by atoms with van der Waals surface area (Å²) >= 11 is 1.46. The number of nitrogens with one attached hydrogen (secondary N) is 1. The van der Waals surface area contributed by atoms with Gasteiger partial charge in [0, 0.05) is 10.4 Å². The summed E-state index contributed by atoms with van der Waals surface area (Å²) in [5, 5.41) is 0.498. The molecule has 3 rings (SSSR count). The van der Waals surface area contributed by atoms with E-state index in [4.69, 9.17) is 4.74 Å². The molecule has 2 aromatic heterocycles. The Bertz CT molecular complexity index is 915. The Kier molecular flexibility index (Phi) is 4.12. The van der Waals surface area contributed by atoms with Crippen LogP contribution in [-0.4, -0.2) is 22.4 Å². The third kappa shape index (κ3) is 2.83. The van der Waals surface area contributed by atoms with E-state index in [0.29, 0.717) is 10.2 Å². The Morgan fingerprint density at radius 1 is 1.35 bits per heavy atom. The molecule has 0 aliphatic rings. The number of aryl methyl sites for hydroxylation is 1. The lowest BCUT2D eigenvalue weighted by atomic mass is 10.0. The predicted octanol–water partition coefficient (Wildman–Crippen LogP) is 3.13. The summed E-state index contributed by atoms with van der Waals surface area (Å²) < 4.78 is 5.85. The van der Waals surface area contributed by atoms with E-state index < -0.39 is 6.09 Å². The average molecular weight is 329 g/mol. The van der Waals surface area contributed by atoms with Crippen molar-refractivity contribution in [2.45, 2.75) is 13.8 Å². The molecule has 0 saturated carbocycles. The summed E-state index contributed by atoms with van der Waals surface area (Å²) in [4.78, 5) is 30.2. The fourth-order valence-corrected chi connectivity index (χ4v) is 3.40. The van der Waals surface area contributed by atoms with Gasteiger partial charge in [0.1, 0.15) is 11.2 Å². The number of hydrogen-bond donors (Lipinski definition) is 1. The summed E-state index contributed by atoms with van der Waals surface area (Å²) in [6.45, 7) is 3.87. The molecule has 0 spiro atoms. The van der Waals surface area contributed by atoms with Gasteiger partial charge in [0.2, 0.25) is 0 Å². The van der Waals surface area contributed by atoms with Crippen LogP contribution in [-0.2, 0) is 4.74 Å². The summed E-state index contributed by atoms with van der Waals surface area (Å²) in [6, 6.07) is 9.66. The fourth-order valence-electron chi connectivity index (χ4n) is 2.40. The maximum absolute atomic E-state index is 12.7. The van der Waals surface area contributed by atoms with Crippen LogP contribution in [0.3, 0.4) is 0 Å². The molecule has 118 valence electrons. The second-order valence-corrected chi connectivity index (χ2v) is 6.03. The minimum atomic E-state index is -0.691. The van der Waals surface area contributed by atoms with E-state index in [1.807, 2.05) is 37.3 Å². The molecule has 2 heterocycles. The molecule has 23 heavy (non-hydrogen) atoms. The number of thiophene rings is 1. The number of fused-ring (bicyclic) bond motifs is 1. The zero-order valence-corrected chi connectivity index (χ0v) is 13.5. The first-order valence-corrected chi connectivity index (χ1v) is 7.93. The van der Waals surface area contributed by atoms with E-state index in [9.17, 15) is 9.59 Å². The molecule has 6 nitrogen and oxygen atoms in total. The van der Waals surface area contributed by atoms with Gasteiger partial charge in [0.15, 0.2) is 0 Å². The van der Waals surface area contributed by atoms with Crippen molar-refractivity contribution < 1.29 is 9.53 Å². The summed E-state index contributed by atoms with van der Waals surface area (Å²) in [7, 11) is 0. The Hall–Kier alpha value is -2.67. The monoisotopic (exact) mass is 329 g/mol. The largest absolute Gasteiger partial charge is 0.449 e. The van der Waals surface area contributed by atoms with Gasteiger partial charge in [-0.1, -0.05) is 30.3 Å². The van der Waals surface area contributed by atoms with Crippen molar-refractivity contribution in [1.29, 1.82) is 0 Å². The predicted molar refractivity (Wildman–Crippen MR) is 90.4 cm³/mol. The number of carbonyl (C=O) groups is 1. The number of aromatic nitrogens is 2. The normalized spacial score (nSPS) is 10.7. The zero-order chi connectivity index (χ0) is 16.4. The van der Waals surface area contributed by atoms with Crippen LogP contribution in [0, 0.1) is 6.92 Å². The first-order valence-electron chi connectivity index (χ1n) is 7.11. The highest BCUT2D eigenvalue weighted by Gasteiger charge is 2.17. The van der Waals surface area contributed by atoms with Crippen molar-refractivity contribution in [3.05, 3.63) is 51.9 Å². The molecule has 0 saturated heterocycles. The lowest BCUT2D eigenvalue weighted by molar-refractivity contribution is 0.164. The van der Waals surface area contributed by atoms with Crippen LogP contribution in [0.5, 0.6) is 0 Å². The van der Waals surface area contributed by atoms with E-state index >= 15 is 0 Å². The minimum absolute atomic E-state index is 0.225. The Morgan fingerprint density at radius 3 is 2.78 bits per heavy atom. The highest BCUT2D eigenvalue weighted by atomic mass is 32.1. The standard InChI is InChI=1S/C16H15N3O3S/c1-3-22-16(21)18-19-9-17-14-13(15(19)20)12(10(2)23-14)11-7-5-4-6-8-11/h4-9H,3H2,1-2H3,(H,18,21). The molecule has 0 aliphatic heterocycles. The number of carbonyl (C=O) groups excluding carboxylic acids is 1. The lowest BCUT2D eigenvalue weighted by Gasteiger charge is -2.08. The second kappa shape index (κ2) is 6.21. The molecule has 1 N–H and O–H groups in total. The quantitative estimate of drug-likeness (QED) is 0.801. The van der Waals surface area contributed by atoms with Gasteiger partial charge in [-0.25, -0.2) is 19.9 Å². The molecule has 0 radical (unpaired) electrons. The number of nitrogens with zero attached hydrogens (tertiary/aromatic N) is 2. The molecular formula is C16H15N3O3S. The van der Waals surface area contributed by atoms with E-state index in [1.165, 1.54) is 17.7 Å². The zero-order valence-electron chi connectivity index (χ0n) is 12.7. The number of rotatable bonds is 3. The molecule has 0 fully saturated rings. The maximum atomic E-state index is 12.7. The number of amides is 1. The lowest BCUT2D eigenvalue weighted by Crippen LogP contribution is -2.33. The molecule has 0 bridgehead atoms. The van der Waals surface area contributed by atoms with Crippen molar-refractivity contribution >= 4 is 27.6 Å². The van der Waals surface area contributed by atoms with E-state index in [-0.39, 0.29) is 12.2 Å². The molecule has 3 aromatic rings. The molecule has 1 amide bonds. The van der Waals surface area contributed by atoms with Crippen molar-refractivity contribution in [2.75, 3.05) is 12.0 Å². The smallest absolute Gasteiger partial charge is 0.426 e. The SMILES string of the molecule is CCOC(=O)Nn1cnc2sc(C)c(-c3ccccc3)c2c1=O. The van der Waals surface area contributed by atoms with E-state index in [0.717, 1.165) is 20.7 Å². The van der Waals surface area contributed by atoms with Crippen LogP contribution in [0.25, 0.3) is 21.3 Å². The highest BCUT2D eigenvalue weighted by molar-refractivity contribution is 7.19. The van der Waals surface area contributed by atoms with Crippen molar-refractivity contribution in [2.24, 2.45) is 0 Å². The van der Waals surface area contributed by atoms with Crippen LogP contribution in [0.2, 0.25) is 0 Å². The average Bonchev–Trinajstić information content (AvgIpc) is 2.88. The fraction of sp³-hybridized carbons (Fsp3) is 0.188. The molecule has 1 aromatic carbocycles. The summed E-state index contributed by atoms with van der Waals surface area (Å²) in [5.74, 6) is 0.